The summed E-state index contributed by atoms with van der Waals surface area (Å²) in [6.45, 7) is 5.95. The molecule has 1 aliphatic carbocycles. The first kappa shape index (κ1) is 19.4. The van der Waals surface area contributed by atoms with E-state index in [-0.39, 0.29) is 24.3 Å². The van der Waals surface area contributed by atoms with Gasteiger partial charge >= 0.3 is 6.03 Å². The van der Waals surface area contributed by atoms with Crippen LogP contribution in [0, 0.1) is 5.92 Å². The fraction of sp³-hybridized carbons (Fsp3) is 0.571. The molecule has 3 atom stereocenters. The predicted molar refractivity (Wildman–Crippen MR) is 104 cm³/mol. The second-order valence-corrected chi connectivity index (χ2v) is 7.88. The van der Waals surface area contributed by atoms with E-state index >= 15 is 0 Å². The molecular weight excluding hydrogens is 342 g/mol. The monoisotopic (exact) mass is 371 g/mol. The molecule has 1 aromatic rings. The first-order chi connectivity index (χ1) is 12.9. The molecule has 1 saturated carbocycles. The smallest absolute Gasteiger partial charge is 0.324 e. The highest BCUT2D eigenvalue weighted by Crippen LogP contribution is 2.38. The number of carbonyl (C=O) groups is 3. The number of hydrogen-bond donors (Lipinski definition) is 2. The molecule has 1 aliphatic heterocycles. The van der Waals surface area contributed by atoms with Crippen molar-refractivity contribution in [3.8, 4) is 0 Å². The maximum atomic E-state index is 13.0. The third-order valence-electron chi connectivity index (χ3n) is 6.18. The molecular formula is C21H29N3O3. The summed E-state index contributed by atoms with van der Waals surface area (Å²) in [5, 5.41) is 5.77. The summed E-state index contributed by atoms with van der Waals surface area (Å²) < 4.78 is 0. The molecule has 2 fully saturated rings. The number of amides is 4. The zero-order chi connectivity index (χ0) is 19.6. The molecule has 0 bridgehead atoms. The Morgan fingerprint density at radius 2 is 2.07 bits per heavy atom. The van der Waals surface area contributed by atoms with Crippen LogP contribution in [0.4, 0.5) is 10.5 Å². The minimum absolute atomic E-state index is 0.0851. The number of urea groups is 1. The SMILES string of the molecule is CC[C@@H](C)c1ccccc1NC(=O)CN1C(=O)N[C@@]2(CCCC[C@@H]2C)C1=O. The fourth-order valence-corrected chi connectivity index (χ4v) is 4.23. The van der Waals surface area contributed by atoms with Gasteiger partial charge in [-0.25, -0.2) is 4.79 Å². The Morgan fingerprint density at radius 3 is 2.78 bits per heavy atom. The van der Waals surface area contributed by atoms with Crippen molar-refractivity contribution < 1.29 is 14.4 Å². The lowest BCUT2D eigenvalue weighted by Gasteiger charge is -2.36. The van der Waals surface area contributed by atoms with Crippen molar-refractivity contribution in [2.45, 2.75) is 64.3 Å². The first-order valence-electron chi connectivity index (χ1n) is 9.92. The van der Waals surface area contributed by atoms with Gasteiger partial charge in [0.05, 0.1) is 0 Å². The van der Waals surface area contributed by atoms with E-state index in [0.717, 1.165) is 41.8 Å². The van der Waals surface area contributed by atoms with Gasteiger partial charge in [-0.15, -0.1) is 0 Å². The molecule has 1 saturated heterocycles. The number of nitrogens with one attached hydrogen (secondary N) is 2. The number of nitrogens with zero attached hydrogens (tertiary/aromatic N) is 1. The van der Waals surface area contributed by atoms with Gasteiger partial charge in [0.1, 0.15) is 12.1 Å². The molecule has 4 amide bonds. The van der Waals surface area contributed by atoms with Crippen molar-refractivity contribution in [1.82, 2.24) is 10.2 Å². The van der Waals surface area contributed by atoms with E-state index in [2.05, 4.69) is 24.5 Å². The van der Waals surface area contributed by atoms with Crippen molar-refractivity contribution >= 4 is 23.5 Å². The Kier molecular flexibility index (Phi) is 5.53. The van der Waals surface area contributed by atoms with Crippen LogP contribution < -0.4 is 10.6 Å². The Balaban J connectivity index is 1.72. The third-order valence-corrected chi connectivity index (χ3v) is 6.18. The van der Waals surface area contributed by atoms with Gasteiger partial charge < -0.3 is 10.6 Å². The highest BCUT2D eigenvalue weighted by molar-refractivity contribution is 6.10. The molecule has 6 nitrogen and oxygen atoms in total. The second-order valence-electron chi connectivity index (χ2n) is 7.88. The van der Waals surface area contributed by atoms with Crippen LogP contribution in [0.15, 0.2) is 24.3 Å². The Morgan fingerprint density at radius 1 is 1.33 bits per heavy atom. The second kappa shape index (κ2) is 7.71. The number of hydrogen-bond acceptors (Lipinski definition) is 3. The lowest BCUT2D eigenvalue weighted by atomic mass is 9.73. The molecule has 1 spiro atoms. The van der Waals surface area contributed by atoms with Crippen LogP contribution >= 0.6 is 0 Å². The molecule has 1 aromatic carbocycles. The number of anilines is 1. The van der Waals surface area contributed by atoms with Crippen LogP contribution in [0.5, 0.6) is 0 Å². The van der Waals surface area contributed by atoms with Crippen molar-refractivity contribution in [2.24, 2.45) is 5.92 Å². The van der Waals surface area contributed by atoms with Crippen molar-refractivity contribution in [3.05, 3.63) is 29.8 Å². The molecule has 2 aliphatic rings. The topological polar surface area (TPSA) is 78.5 Å². The summed E-state index contributed by atoms with van der Waals surface area (Å²) in [7, 11) is 0. The Labute approximate surface area is 160 Å². The quantitative estimate of drug-likeness (QED) is 0.776. The third kappa shape index (κ3) is 3.57. The van der Waals surface area contributed by atoms with Crippen LogP contribution in [-0.2, 0) is 9.59 Å². The molecule has 6 heteroatoms. The summed E-state index contributed by atoms with van der Waals surface area (Å²) in [4.78, 5) is 39.1. The molecule has 146 valence electrons. The van der Waals surface area contributed by atoms with Gasteiger partial charge in [0.25, 0.3) is 5.91 Å². The average molecular weight is 371 g/mol. The minimum Gasteiger partial charge on any atom is -0.324 e. The summed E-state index contributed by atoms with van der Waals surface area (Å²) >= 11 is 0. The summed E-state index contributed by atoms with van der Waals surface area (Å²) in [5.41, 5.74) is 0.970. The fourth-order valence-electron chi connectivity index (χ4n) is 4.23. The number of rotatable bonds is 5. The summed E-state index contributed by atoms with van der Waals surface area (Å²) in [5.74, 6) is -0.216. The van der Waals surface area contributed by atoms with E-state index in [0.29, 0.717) is 12.3 Å². The molecule has 2 N–H and O–H groups in total. The lowest BCUT2D eigenvalue weighted by molar-refractivity contribution is -0.136. The lowest BCUT2D eigenvalue weighted by Crippen LogP contribution is -2.54. The molecule has 0 aromatic heterocycles. The van der Waals surface area contributed by atoms with Gasteiger partial charge in [0, 0.05) is 5.69 Å². The van der Waals surface area contributed by atoms with Crippen molar-refractivity contribution in [2.75, 3.05) is 11.9 Å². The minimum atomic E-state index is -0.829. The number of benzene rings is 1. The Bertz CT molecular complexity index is 748. The van der Waals surface area contributed by atoms with E-state index in [1.165, 1.54) is 0 Å². The summed E-state index contributed by atoms with van der Waals surface area (Å²) in [6, 6.07) is 7.21. The first-order valence-corrected chi connectivity index (χ1v) is 9.92. The number of carbonyl (C=O) groups excluding carboxylic acids is 3. The highest BCUT2D eigenvalue weighted by Gasteiger charge is 2.55. The zero-order valence-electron chi connectivity index (χ0n) is 16.4. The number of imide groups is 1. The predicted octanol–water partition coefficient (Wildman–Crippen LogP) is 3.64. The average Bonchev–Trinajstić information content (AvgIpc) is 2.89. The van der Waals surface area contributed by atoms with Gasteiger partial charge in [0.2, 0.25) is 5.91 Å². The maximum Gasteiger partial charge on any atom is 0.325 e. The molecule has 3 rings (SSSR count). The molecule has 27 heavy (non-hydrogen) atoms. The zero-order valence-corrected chi connectivity index (χ0v) is 16.4. The molecule has 0 radical (unpaired) electrons. The van der Waals surface area contributed by atoms with Crippen molar-refractivity contribution in [3.63, 3.8) is 0 Å². The van der Waals surface area contributed by atoms with E-state index in [4.69, 9.17) is 0 Å². The van der Waals surface area contributed by atoms with E-state index in [9.17, 15) is 14.4 Å². The van der Waals surface area contributed by atoms with Gasteiger partial charge in [0.15, 0.2) is 0 Å². The van der Waals surface area contributed by atoms with Crippen LogP contribution in [-0.4, -0.2) is 34.8 Å². The van der Waals surface area contributed by atoms with Crippen LogP contribution in [0.3, 0.4) is 0 Å². The van der Waals surface area contributed by atoms with E-state index in [1.807, 2.05) is 31.2 Å². The maximum absolute atomic E-state index is 13.0. The van der Waals surface area contributed by atoms with Crippen molar-refractivity contribution in [1.29, 1.82) is 0 Å². The van der Waals surface area contributed by atoms with Crippen LogP contribution in [0.2, 0.25) is 0 Å². The molecule has 0 unspecified atom stereocenters. The largest absolute Gasteiger partial charge is 0.325 e. The van der Waals surface area contributed by atoms with E-state index in [1.54, 1.807) is 0 Å². The normalized spacial score (nSPS) is 26.2. The van der Waals surface area contributed by atoms with Crippen LogP contribution in [0.1, 0.15) is 64.4 Å². The van der Waals surface area contributed by atoms with Gasteiger partial charge in [-0.2, -0.15) is 0 Å². The standard InChI is InChI=1S/C21H29N3O3/c1-4-14(2)16-10-5-6-11-17(16)22-18(25)13-24-19(26)21(23-20(24)27)12-8-7-9-15(21)3/h5-6,10-11,14-15H,4,7-9,12-13H2,1-3H3,(H,22,25)(H,23,27)/t14-,15+,21-/m1/s1. The Hall–Kier alpha value is -2.37. The van der Waals surface area contributed by atoms with Gasteiger partial charge in [-0.05, 0) is 42.7 Å². The molecule has 1 heterocycles. The van der Waals surface area contributed by atoms with Crippen LogP contribution in [0.25, 0.3) is 0 Å². The number of para-hydroxylation sites is 1. The highest BCUT2D eigenvalue weighted by atomic mass is 16.2. The van der Waals surface area contributed by atoms with Gasteiger partial charge in [-0.1, -0.05) is 51.8 Å². The van der Waals surface area contributed by atoms with E-state index < -0.39 is 11.6 Å². The summed E-state index contributed by atoms with van der Waals surface area (Å²) in [6.07, 6.45) is 4.50. The van der Waals surface area contributed by atoms with Gasteiger partial charge in [-0.3, -0.25) is 14.5 Å².